The molecule has 1 N–H and O–H groups in total. The van der Waals surface area contributed by atoms with Gasteiger partial charge in [-0.2, -0.15) is 0 Å². The zero-order valence-corrected chi connectivity index (χ0v) is 14.2. The van der Waals surface area contributed by atoms with Gasteiger partial charge >= 0.3 is 5.97 Å². The summed E-state index contributed by atoms with van der Waals surface area (Å²) in [6, 6.07) is 0. The lowest BCUT2D eigenvalue weighted by atomic mass is 10.3. The van der Waals surface area contributed by atoms with E-state index in [9.17, 15) is 9.59 Å². The predicted octanol–water partition coefficient (Wildman–Crippen LogP) is -0.800. The van der Waals surface area contributed by atoms with Crippen LogP contribution in [0.25, 0.3) is 0 Å². The molecule has 1 rings (SSSR count). The average Bonchev–Trinajstić information content (AvgIpc) is 2.53. The van der Waals surface area contributed by atoms with Crippen molar-refractivity contribution in [2.75, 3.05) is 79.8 Å². The van der Waals surface area contributed by atoms with Crippen LogP contribution in [0.4, 0.5) is 0 Å². The van der Waals surface area contributed by atoms with Gasteiger partial charge in [-0.3, -0.25) is 9.69 Å². The molecule has 0 unspecified atom stereocenters. The second-order valence-electron chi connectivity index (χ2n) is 5.81. The standard InChI is InChI=1S/C15H29N3O5/c1-16(4-3-5-18-8-10-22-11-9-18)6-7-17(2)14(19)12-23-13-15(20)21/h3-13H2,1-2H3,(H,20,21). The van der Waals surface area contributed by atoms with Crippen LogP contribution in [0.2, 0.25) is 0 Å². The molecule has 1 aliphatic heterocycles. The first-order chi connectivity index (χ1) is 11.0. The molecule has 134 valence electrons. The van der Waals surface area contributed by atoms with Crippen LogP contribution in [0.1, 0.15) is 6.42 Å². The maximum atomic E-state index is 11.7. The van der Waals surface area contributed by atoms with Crippen molar-refractivity contribution in [3.63, 3.8) is 0 Å². The van der Waals surface area contributed by atoms with Crippen molar-refractivity contribution in [3.8, 4) is 0 Å². The van der Waals surface area contributed by atoms with Gasteiger partial charge in [0.25, 0.3) is 0 Å². The zero-order chi connectivity index (χ0) is 17.1. The molecule has 1 aliphatic rings. The highest BCUT2D eigenvalue weighted by Crippen LogP contribution is 1.99. The van der Waals surface area contributed by atoms with Gasteiger partial charge in [-0.1, -0.05) is 0 Å². The van der Waals surface area contributed by atoms with Gasteiger partial charge in [0.15, 0.2) is 0 Å². The van der Waals surface area contributed by atoms with Gasteiger partial charge in [-0.05, 0) is 26.6 Å². The molecule has 8 nitrogen and oxygen atoms in total. The zero-order valence-electron chi connectivity index (χ0n) is 14.2. The monoisotopic (exact) mass is 331 g/mol. The molecule has 0 aromatic rings. The lowest BCUT2D eigenvalue weighted by Crippen LogP contribution is -2.39. The first kappa shape index (κ1) is 19.8. The van der Waals surface area contributed by atoms with Crippen LogP contribution in [0, 0.1) is 0 Å². The molecule has 0 bridgehead atoms. The van der Waals surface area contributed by atoms with Crippen LogP contribution in [-0.4, -0.2) is 111 Å². The summed E-state index contributed by atoms with van der Waals surface area (Å²) >= 11 is 0. The predicted molar refractivity (Wildman–Crippen MR) is 85.5 cm³/mol. The molecule has 0 atom stereocenters. The molecule has 1 saturated heterocycles. The molecule has 23 heavy (non-hydrogen) atoms. The third-order valence-electron chi connectivity index (χ3n) is 3.81. The van der Waals surface area contributed by atoms with Gasteiger partial charge in [-0.25, -0.2) is 4.79 Å². The minimum Gasteiger partial charge on any atom is -0.480 e. The normalized spacial score (nSPS) is 15.8. The Balaban J connectivity index is 2.05. The minimum absolute atomic E-state index is 0.191. The van der Waals surface area contributed by atoms with Gasteiger partial charge in [0.2, 0.25) is 5.91 Å². The van der Waals surface area contributed by atoms with Crippen LogP contribution in [0.15, 0.2) is 0 Å². The highest BCUT2D eigenvalue weighted by atomic mass is 16.5. The smallest absolute Gasteiger partial charge is 0.329 e. The third-order valence-corrected chi connectivity index (χ3v) is 3.81. The summed E-state index contributed by atoms with van der Waals surface area (Å²) in [5.74, 6) is -1.27. The van der Waals surface area contributed by atoms with Crippen molar-refractivity contribution in [3.05, 3.63) is 0 Å². The molecule has 0 aromatic carbocycles. The molecule has 0 spiro atoms. The number of nitrogens with zero attached hydrogens (tertiary/aromatic N) is 3. The minimum atomic E-state index is -1.07. The van der Waals surface area contributed by atoms with Gasteiger partial charge in [0, 0.05) is 33.2 Å². The number of carboxylic acid groups (broad SMARTS) is 1. The Kier molecular flexibility index (Phi) is 9.77. The maximum Gasteiger partial charge on any atom is 0.329 e. The van der Waals surface area contributed by atoms with Crippen LogP contribution in [0.5, 0.6) is 0 Å². The molecule has 0 aromatic heterocycles. The van der Waals surface area contributed by atoms with E-state index in [-0.39, 0.29) is 12.5 Å². The molecule has 1 amide bonds. The van der Waals surface area contributed by atoms with E-state index in [4.69, 9.17) is 14.6 Å². The lowest BCUT2D eigenvalue weighted by molar-refractivity contribution is -0.145. The summed E-state index contributed by atoms with van der Waals surface area (Å²) in [6.45, 7) is 6.48. The number of hydrogen-bond acceptors (Lipinski definition) is 6. The van der Waals surface area contributed by atoms with Crippen LogP contribution >= 0.6 is 0 Å². The first-order valence-electron chi connectivity index (χ1n) is 8.01. The molecule has 8 heteroatoms. The molecule has 0 aliphatic carbocycles. The topological polar surface area (TPSA) is 82.5 Å². The van der Waals surface area contributed by atoms with Crippen molar-refractivity contribution >= 4 is 11.9 Å². The Labute approximate surface area is 137 Å². The summed E-state index contributed by atoms with van der Waals surface area (Å²) in [4.78, 5) is 28.2. The number of morpholine rings is 1. The first-order valence-corrected chi connectivity index (χ1v) is 8.01. The highest BCUT2D eigenvalue weighted by Gasteiger charge is 2.12. The van der Waals surface area contributed by atoms with Crippen LogP contribution in [0.3, 0.4) is 0 Å². The van der Waals surface area contributed by atoms with E-state index in [1.807, 2.05) is 7.05 Å². The van der Waals surface area contributed by atoms with Gasteiger partial charge in [0.1, 0.15) is 13.2 Å². The van der Waals surface area contributed by atoms with E-state index in [1.165, 1.54) is 0 Å². The van der Waals surface area contributed by atoms with Crippen molar-refractivity contribution in [2.45, 2.75) is 6.42 Å². The number of likely N-dealkylation sites (N-methyl/N-ethyl adjacent to an activating group) is 2. The quantitative estimate of drug-likeness (QED) is 0.531. The average molecular weight is 331 g/mol. The SMILES string of the molecule is CN(CCCN1CCOCC1)CCN(C)C(=O)COCC(=O)O. The Bertz CT molecular complexity index is 361. The summed E-state index contributed by atoms with van der Waals surface area (Å²) in [6.07, 6.45) is 1.09. The Morgan fingerprint density at radius 2 is 1.83 bits per heavy atom. The van der Waals surface area contributed by atoms with E-state index in [0.29, 0.717) is 6.54 Å². The van der Waals surface area contributed by atoms with Crippen molar-refractivity contribution in [2.24, 2.45) is 0 Å². The van der Waals surface area contributed by atoms with Gasteiger partial charge in [0.05, 0.1) is 13.2 Å². The number of ether oxygens (including phenoxy) is 2. The van der Waals surface area contributed by atoms with Crippen molar-refractivity contribution in [1.29, 1.82) is 0 Å². The van der Waals surface area contributed by atoms with Crippen molar-refractivity contribution < 1.29 is 24.2 Å². The fourth-order valence-corrected chi connectivity index (χ4v) is 2.28. The Morgan fingerprint density at radius 3 is 2.48 bits per heavy atom. The fraction of sp³-hybridized carbons (Fsp3) is 0.867. The van der Waals surface area contributed by atoms with Gasteiger partial charge in [-0.15, -0.1) is 0 Å². The number of aliphatic carboxylic acids is 1. The number of carboxylic acids is 1. The summed E-state index contributed by atoms with van der Waals surface area (Å²) < 4.78 is 10.1. The van der Waals surface area contributed by atoms with Crippen molar-refractivity contribution in [1.82, 2.24) is 14.7 Å². The number of rotatable bonds is 11. The molecule has 1 fully saturated rings. The van der Waals surface area contributed by atoms with E-state index < -0.39 is 12.6 Å². The van der Waals surface area contributed by atoms with E-state index in [0.717, 1.165) is 52.4 Å². The van der Waals surface area contributed by atoms with Crippen LogP contribution in [-0.2, 0) is 19.1 Å². The molecular formula is C15H29N3O5. The third kappa shape index (κ3) is 9.50. The largest absolute Gasteiger partial charge is 0.480 e. The Hall–Kier alpha value is -1.22. The second kappa shape index (κ2) is 11.3. The van der Waals surface area contributed by atoms with Gasteiger partial charge < -0.3 is 24.4 Å². The number of carbonyl (C=O) groups excluding carboxylic acids is 1. The fourth-order valence-electron chi connectivity index (χ4n) is 2.28. The summed E-state index contributed by atoms with van der Waals surface area (Å²) in [5, 5.41) is 8.45. The molecule has 1 heterocycles. The molecular weight excluding hydrogens is 302 g/mol. The van der Waals surface area contributed by atoms with E-state index in [1.54, 1.807) is 11.9 Å². The van der Waals surface area contributed by atoms with E-state index in [2.05, 4.69) is 9.80 Å². The second-order valence-corrected chi connectivity index (χ2v) is 5.81. The number of amides is 1. The highest BCUT2D eigenvalue weighted by molar-refractivity contribution is 5.77. The lowest BCUT2D eigenvalue weighted by Gasteiger charge is -2.27. The van der Waals surface area contributed by atoms with E-state index >= 15 is 0 Å². The van der Waals surface area contributed by atoms with Crippen LogP contribution < -0.4 is 0 Å². The Morgan fingerprint density at radius 1 is 1.13 bits per heavy atom. The summed E-state index contributed by atoms with van der Waals surface area (Å²) in [7, 11) is 3.74. The number of carbonyl (C=O) groups is 2. The number of hydrogen-bond donors (Lipinski definition) is 1. The maximum absolute atomic E-state index is 11.7. The molecule has 0 saturated carbocycles. The summed E-state index contributed by atoms with van der Waals surface area (Å²) in [5.41, 5.74) is 0. The molecule has 0 radical (unpaired) electrons.